The Bertz CT molecular complexity index is 824. The van der Waals surface area contributed by atoms with Gasteiger partial charge in [-0.15, -0.1) is 0 Å². The molecule has 0 aliphatic carbocycles. The van der Waals surface area contributed by atoms with Crippen LogP contribution in [0.2, 0.25) is 0 Å². The van der Waals surface area contributed by atoms with E-state index in [0.717, 1.165) is 11.3 Å². The lowest BCUT2D eigenvalue weighted by Crippen LogP contribution is -2.03. The number of carboxylic acid groups (broad SMARTS) is 1. The van der Waals surface area contributed by atoms with Gasteiger partial charge in [-0.25, -0.2) is 4.79 Å². The smallest absolute Gasteiger partial charge is 0.335 e. The summed E-state index contributed by atoms with van der Waals surface area (Å²) in [7, 11) is 0. The molecule has 2 aromatic carbocycles. The molecule has 1 aliphatic rings. The fraction of sp³-hybridized carbons (Fsp3) is 0.111. The Balaban J connectivity index is 2.04. The highest BCUT2D eigenvalue weighted by atomic mass is 16.5. The number of hydrogen-bond donors (Lipinski definition) is 2. The molecule has 2 aromatic rings. The number of amides is 1. The number of carboxylic acids is 1. The topological polar surface area (TPSA) is 75.6 Å². The third kappa shape index (κ3) is 2.94. The molecule has 1 aliphatic heterocycles. The Kier molecular flexibility index (Phi) is 3.85. The van der Waals surface area contributed by atoms with E-state index < -0.39 is 5.97 Å². The third-order valence-corrected chi connectivity index (χ3v) is 3.53. The Morgan fingerprint density at radius 2 is 2.09 bits per heavy atom. The van der Waals surface area contributed by atoms with Crippen LogP contribution in [0.3, 0.4) is 0 Å². The molecular formula is C18H15NO4. The second-order valence-corrected chi connectivity index (χ2v) is 5.08. The molecule has 0 unspecified atom stereocenters. The van der Waals surface area contributed by atoms with Crippen molar-refractivity contribution in [1.82, 2.24) is 0 Å². The van der Waals surface area contributed by atoms with Gasteiger partial charge in [-0.3, -0.25) is 4.79 Å². The number of ether oxygens (including phenoxy) is 1. The van der Waals surface area contributed by atoms with Gasteiger partial charge in [-0.05, 0) is 48.9 Å². The SMILES string of the molecule is CCOc1cccc(/C=C2/C(=O)Nc3ccc(C(=O)O)cc32)c1. The first kappa shape index (κ1) is 14.8. The average molecular weight is 309 g/mol. The zero-order valence-electron chi connectivity index (χ0n) is 12.5. The van der Waals surface area contributed by atoms with Gasteiger partial charge < -0.3 is 15.2 Å². The summed E-state index contributed by atoms with van der Waals surface area (Å²) < 4.78 is 5.45. The van der Waals surface area contributed by atoms with Gasteiger partial charge in [0.2, 0.25) is 0 Å². The lowest BCUT2D eigenvalue weighted by molar-refractivity contribution is -0.110. The fourth-order valence-electron chi connectivity index (χ4n) is 2.49. The minimum Gasteiger partial charge on any atom is -0.494 e. The van der Waals surface area contributed by atoms with Crippen molar-refractivity contribution in [3.63, 3.8) is 0 Å². The van der Waals surface area contributed by atoms with E-state index in [4.69, 9.17) is 9.84 Å². The molecule has 1 heterocycles. The van der Waals surface area contributed by atoms with Crippen LogP contribution in [0.1, 0.15) is 28.4 Å². The molecule has 3 rings (SSSR count). The van der Waals surface area contributed by atoms with Crippen LogP contribution in [0.5, 0.6) is 5.75 Å². The van der Waals surface area contributed by atoms with Crippen LogP contribution in [-0.4, -0.2) is 23.6 Å². The summed E-state index contributed by atoms with van der Waals surface area (Å²) in [5.41, 5.74) is 2.62. The van der Waals surface area contributed by atoms with Crippen LogP contribution in [0.4, 0.5) is 5.69 Å². The maximum absolute atomic E-state index is 12.2. The fourth-order valence-corrected chi connectivity index (χ4v) is 2.49. The number of nitrogens with one attached hydrogen (secondary N) is 1. The first-order chi connectivity index (χ1) is 11.1. The average Bonchev–Trinajstić information content (AvgIpc) is 2.83. The Labute approximate surface area is 133 Å². The minimum absolute atomic E-state index is 0.147. The number of rotatable bonds is 4. The zero-order chi connectivity index (χ0) is 16.4. The van der Waals surface area contributed by atoms with Crippen LogP contribution < -0.4 is 10.1 Å². The largest absolute Gasteiger partial charge is 0.494 e. The van der Waals surface area contributed by atoms with Crippen molar-refractivity contribution in [2.24, 2.45) is 0 Å². The van der Waals surface area contributed by atoms with Gasteiger partial charge in [0.25, 0.3) is 5.91 Å². The van der Waals surface area contributed by atoms with Gasteiger partial charge in [-0.1, -0.05) is 12.1 Å². The lowest BCUT2D eigenvalue weighted by Gasteiger charge is -2.04. The number of fused-ring (bicyclic) bond motifs is 1. The number of carbonyl (C=O) groups is 2. The van der Waals surface area contributed by atoms with Crippen molar-refractivity contribution in [3.05, 3.63) is 59.2 Å². The molecular weight excluding hydrogens is 294 g/mol. The quantitative estimate of drug-likeness (QED) is 0.850. The van der Waals surface area contributed by atoms with Crippen molar-refractivity contribution >= 4 is 29.2 Å². The van der Waals surface area contributed by atoms with Crippen LogP contribution in [0, 0.1) is 0 Å². The lowest BCUT2D eigenvalue weighted by atomic mass is 10.0. The standard InChI is InChI=1S/C18H15NO4/c1-2-23-13-5-3-4-11(8-13)9-15-14-10-12(18(21)22)6-7-16(14)19-17(15)20/h3-10H,2H2,1H3,(H,19,20)(H,21,22)/b15-9+. The van der Waals surface area contributed by atoms with Crippen molar-refractivity contribution in [3.8, 4) is 5.75 Å². The summed E-state index contributed by atoms with van der Waals surface area (Å²) in [4.78, 5) is 23.3. The van der Waals surface area contributed by atoms with E-state index in [-0.39, 0.29) is 11.5 Å². The summed E-state index contributed by atoms with van der Waals surface area (Å²) in [5.74, 6) is -0.547. The minimum atomic E-state index is -1.02. The highest BCUT2D eigenvalue weighted by molar-refractivity contribution is 6.35. The number of anilines is 1. The normalized spacial score (nSPS) is 14.5. The second-order valence-electron chi connectivity index (χ2n) is 5.08. The molecule has 0 aromatic heterocycles. The van der Waals surface area contributed by atoms with Gasteiger partial charge >= 0.3 is 5.97 Å². The van der Waals surface area contributed by atoms with E-state index in [2.05, 4.69) is 5.32 Å². The molecule has 5 heteroatoms. The second kappa shape index (κ2) is 5.96. The van der Waals surface area contributed by atoms with Gasteiger partial charge in [0.1, 0.15) is 5.75 Å². The number of benzene rings is 2. The van der Waals surface area contributed by atoms with E-state index >= 15 is 0 Å². The molecule has 0 radical (unpaired) electrons. The van der Waals surface area contributed by atoms with E-state index in [0.29, 0.717) is 23.4 Å². The van der Waals surface area contributed by atoms with Crippen molar-refractivity contribution in [2.45, 2.75) is 6.92 Å². The monoisotopic (exact) mass is 309 g/mol. The molecule has 0 atom stereocenters. The zero-order valence-corrected chi connectivity index (χ0v) is 12.5. The van der Waals surface area contributed by atoms with Crippen LogP contribution in [0.15, 0.2) is 42.5 Å². The molecule has 0 fully saturated rings. The third-order valence-electron chi connectivity index (χ3n) is 3.53. The van der Waals surface area contributed by atoms with Gasteiger partial charge in [0.15, 0.2) is 0 Å². The van der Waals surface area contributed by atoms with E-state index in [1.54, 1.807) is 12.1 Å². The molecule has 0 spiro atoms. The number of hydrogen-bond acceptors (Lipinski definition) is 3. The molecule has 116 valence electrons. The van der Waals surface area contributed by atoms with Crippen molar-refractivity contribution in [1.29, 1.82) is 0 Å². The van der Waals surface area contributed by atoms with Crippen LogP contribution >= 0.6 is 0 Å². The maximum Gasteiger partial charge on any atom is 0.335 e. The first-order valence-corrected chi connectivity index (χ1v) is 7.22. The van der Waals surface area contributed by atoms with Gasteiger partial charge in [0, 0.05) is 16.8 Å². The summed E-state index contributed by atoms with van der Waals surface area (Å²) in [6.45, 7) is 2.46. The van der Waals surface area contributed by atoms with E-state index in [9.17, 15) is 9.59 Å². The Morgan fingerprint density at radius 1 is 1.26 bits per heavy atom. The van der Waals surface area contributed by atoms with Crippen LogP contribution in [-0.2, 0) is 4.79 Å². The highest BCUT2D eigenvalue weighted by Gasteiger charge is 2.25. The van der Waals surface area contributed by atoms with E-state index in [1.165, 1.54) is 12.1 Å². The van der Waals surface area contributed by atoms with Crippen molar-refractivity contribution in [2.75, 3.05) is 11.9 Å². The molecule has 0 saturated carbocycles. The summed E-state index contributed by atoms with van der Waals surface area (Å²) in [6.07, 6.45) is 1.73. The highest BCUT2D eigenvalue weighted by Crippen LogP contribution is 2.34. The summed E-state index contributed by atoms with van der Waals surface area (Å²) >= 11 is 0. The van der Waals surface area contributed by atoms with Crippen molar-refractivity contribution < 1.29 is 19.4 Å². The Morgan fingerprint density at radius 3 is 2.83 bits per heavy atom. The van der Waals surface area contributed by atoms with Gasteiger partial charge in [0.05, 0.1) is 12.2 Å². The molecule has 5 nitrogen and oxygen atoms in total. The Hall–Kier alpha value is -3.08. The predicted molar refractivity (Wildman–Crippen MR) is 87.5 cm³/mol. The maximum atomic E-state index is 12.2. The molecule has 2 N–H and O–H groups in total. The van der Waals surface area contributed by atoms with Gasteiger partial charge in [-0.2, -0.15) is 0 Å². The predicted octanol–water partition coefficient (Wildman–Crippen LogP) is 3.28. The van der Waals surface area contributed by atoms with E-state index in [1.807, 2.05) is 31.2 Å². The first-order valence-electron chi connectivity index (χ1n) is 7.22. The molecule has 1 amide bonds. The summed E-state index contributed by atoms with van der Waals surface area (Å²) in [6, 6.07) is 12.0. The number of carbonyl (C=O) groups excluding carboxylic acids is 1. The summed E-state index contributed by atoms with van der Waals surface area (Å²) in [5, 5.41) is 11.9. The van der Waals surface area contributed by atoms with Crippen LogP contribution in [0.25, 0.3) is 11.6 Å². The molecule has 23 heavy (non-hydrogen) atoms. The number of aromatic carboxylic acids is 1. The molecule has 0 bridgehead atoms. The molecule has 0 saturated heterocycles.